The Bertz CT molecular complexity index is 358. The van der Waals surface area contributed by atoms with Crippen LogP contribution in [0.5, 0.6) is 0 Å². The third-order valence-corrected chi connectivity index (χ3v) is 3.06. The van der Waals surface area contributed by atoms with Crippen molar-refractivity contribution in [2.75, 3.05) is 6.61 Å². The van der Waals surface area contributed by atoms with Crippen LogP contribution in [0.2, 0.25) is 0 Å². The number of nitrogens with zero attached hydrogens (tertiary/aromatic N) is 1. The summed E-state index contributed by atoms with van der Waals surface area (Å²) in [5.41, 5.74) is 0. The molecular formula is C14H21NO4. The molecule has 0 aromatic rings. The molecule has 19 heavy (non-hydrogen) atoms. The molecule has 1 aliphatic heterocycles. The summed E-state index contributed by atoms with van der Waals surface area (Å²) in [5.74, 6) is -1.45. The van der Waals surface area contributed by atoms with Crippen LogP contribution in [0, 0.1) is 0 Å². The molecular weight excluding hydrogens is 246 g/mol. The molecule has 0 fully saturated rings. The second kappa shape index (κ2) is 7.71. The van der Waals surface area contributed by atoms with Gasteiger partial charge in [0.2, 0.25) is 0 Å². The number of carbonyl (C=O) groups is 3. The number of amides is 2. The fraction of sp³-hybridized carbons (Fsp3) is 0.643. The molecule has 0 radical (unpaired) electrons. The minimum absolute atomic E-state index is 0.344. The van der Waals surface area contributed by atoms with Crippen LogP contribution >= 0.6 is 0 Å². The van der Waals surface area contributed by atoms with Crippen molar-refractivity contribution in [3.63, 3.8) is 0 Å². The maximum Gasteiger partial charge on any atom is 0.329 e. The molecule has 1 atom stereocenters. The summed E-state index contributed by atoms with van der Waals surface area (Å²) >= 11 is 0. The lowest BCUT2D eigenvalue weighted by molar-refractivity contribution is -0.156. The average molecular weight is 267 g/mol. The van der Waals surface area contributed by atoms with Crippen molar-refractivity contribution in [2.45, 2.75) is 52.0 Å². The standard InChI is InChI=1S/C14H21NO4/c1-3-4-5-6-7-10-19-14(18)11(2)15-12(16)8-9-13(15)17/h8-9,11H,3-7,10H2,1-2H3. The smallest absolute Gasteiger partial charge is 0.329 e. The summed E-state index contributed by atoms with van der Waals surface area (Å²) in [6.45, 7) is 3.98. The highest BCUT2D eigenvalue weighted by Crippen LogP contribution is 2.10. The number of esters is 1. The lowest BCUT2D eigenvalue weighted by Gasteiger charge is -2.20. The lowest BCUT2D eigenvalue weighted by Crippen LogP contribution is -2.43. The second-order valence-electron chi connectivity index (χ2n) is 4.64. The Kier molecular flexibility index (Phi) is 6.25. The minimum Gasteiger partial charge on any atom is -0.464 e. The van der Waals surface area contributed by atoms with Crippen molar-refractivity contribution in [2.24, 2.45) is 0 Å². The molecule has 1 heterocycles. The summed E-state index contributed by atoms with van der Waals surface area (Å²) in [4.78, 5) is 35.4. The van der Waals surface area contributed by atoms with Gasteiger partial charge in [-0.05, 0) is 13.3 Å². The SMILES string of the molecule is CCCCCCCOC(=O)C(C)N1C(=O)C=CC1=O. The number of rotatable bonds is 8. The highest BCUT2D eigenvalue weighted by molar-refractivity contribution is 6.14. The number of unbranched alkanes of at least 4 members (excludes halogenated alkanes) is 4. The van der Waals surface area contributed by atoms with Gasteiger partial charge in [0.1, 0.15) is 6.04 Å². The van der Waals surface area contributed by atoms with E-state index < -0.39 is 23.8 Å². The largest absolute Gasteiger partial charge is 0.464 e. The summed E-state index contributed by atoms with van der Waals surface area (Å²) in [6, 6.07) is -0.856. The van der Waals surface area contributed by atoms with Gasteiger partial charge in [0.05, 0.1) is 6.61 Å². The molecule has 0 aliphatic carbocycles. The molecule has 1 rings (SSSR count). The van der Waals surface area contributed by atoms with Gasteiger partial charge in [0, 0.05) is 12.2 Å². The molecule has 5 nitrogen and oxygen atoms in total. The van der Waals surface area contributed by atoms with Gasteiger partial charge in [-0.2, -0.15) is 0 Å². The number of hydrogen-bond donors (Lipinski definition) is 0. The maximum absolute atomic E-state index is 11.7. The highest BCUT2D eigenvalue weighted by atomic mass is 16.5. The molecule has 0 spiro atoms. The molecule has 0 aromatic heterocycles. The Morgan fingerprint density at radius 1 is 1.16 bits per heavy atom. The zero-order chi connectivity index (χ0) is 14.3. The molecule has 5 heteroatoms. The van der Waals surface area contributed by atoms with E-state index in [-0.39, 0.29) is 0 Å². The van der Waals surface area contributed by atoms with Gasteiger partial charge in [-0.15, -0.1) is 0 Å². The van der Waals surface area contributed by atoms with E-state index in [1.807, 2.05) is 0 Å². The molecule has 1 unspecified atom stereocenters. The van der Waals surface area contributed by atoms with E-state index in [4.69, 9.17) is 4.74 Å². The Labute approximate surface area is 113 Å². The molecule has 106 valence electrons. The van der Waals surface area contributed by atoms with Crippen LogP contribution in [0.3, 0.4) is 0 Å². The third kappa shape index (κ3) is 4.50. The van der Waals surface area contributed by atoms with E-state index in [1.165, 1.54) is 19.8 Å². The molecule has 2 amide bonds. The Morgan fingerprint density at radius 2 is 1.74 bits per heavy atom. The fourth-order valence-electron chi connectivity index (χ4n) is 1.90. The zero-order valence-electron chi connectivity index (χ0n) is 11.6. The predicted octanol–water partition coefficient (Wildman–Crippen LogP) is 1.81. The van der Waals surface area contributed by atoms with E-state index in [1.54, 1.807) is 0 Å². The van der Waals surface area contributed by atoms with Gasteiger partial charge in [-0.25, -0.2) is 4.79 Å². The lowest BCUT2D eigenvalue weighted by atomic mass is 10.2. The van der Waals surface area contributed by atoms with Gasteiger partial charge in [0.15, 0.2) is 0 Å². The minimum atomic E-state index is -0.856. The number of imide groups is 1. The zero-order valence-corrected chi connectivity index (χ0v) is 11.6. The van der Waals surface area contributed by atoms with Crippen LogP contribution < -0.4 is 0 Å². The molecule has 0 N–H and O–H groups in total. The number of hydrogen-bond acceptors (Lipinski definition) is 4. The monoisotopic (exact) mass is 267 g/mol. The number of carbonyl (C=O) groups excluding carboxylic acids is 3. The van der Waals surface area contributed by atoms with Crippen molar-refractivity contribution in [3.05, 3.63) is 12.2 Å². The van der Waals surface area contributed by atoms with Crippen molar-refractivity contribution in [3.8, 4) is 0 Å². The van der Waals surface area contributed by atoms with Crippen LogP contribution in [-0.4, -0.2) is 35.3 Å². The molecule has 0 aromatic carbocycles. The first-order valence-electron chi connectivity index (χ1n) is 6.79. The molecule has 0 saturated heterocycles. The molecule has 1 aliphatic rings. The summed E-state index contributed by atoms with van der Waals surface area (Å²) in [7, 11) is 0. The number of ether oxygens (including phenoxy) is 1. The van der Waals surface area contributed by atoms with Crippen LogP contribution in [-0.2, 0) is 19.1 Å². The first-order valence-corrected chi connectivity index (χ1v) is 6.79. The summed E-state index contributed by atoms with van der Waals surface area (Å²) in [6.07, 6.45) is 7.66. The maximum atomic E-state index is 11.7. The molecule has 0 bridgehead atoms. The van der Waals surface area contributed by atoms with E-state index in [2.05, 4.69) is 6.92 Å². The predicted molar refractivity (Wildman–Crippen MR) is 70.2 cm³/mol. The van der Waals surface area contributed by atoms with Crippen molar-refractivity contribution in [1.29, 1.82) is 0 Å². The van der Waals surface area contributed by atoms with Crippen molar-refractivity contribution >= 4 is 17.8 Å². The van der Waals surface area contributed by atoms with Gasteiger partial charge in [0.25, 0.3) is 11.8 Å². The van der Waals surface area contributed by atoms with Crippen LogP contribution in [0.25, 0.3) is 0 Å². The van der Waals surface area contributed by atoms with E-state index in [0.29, 0.717) is 6.61 Å². The van der Waals surface area contributed by atoms with Gasteiger partial charge in [-0.3, -0.25) is 14.5 Å². The van der Waals surface area contributed by atoms with E-state index in [9.17, 15) is 14.4 Å². The van der Waals surface area contributed by atoms with Gasteiger partial charge in [-0.1, -0.05) is 32.6 Å². The third-order valence-electron chi connectivity index (χ3n) is 3.06. The fourth-order valence-corrected chi connectivity index (χ4v) is 1.90. The van der Waals surface area contributed by atoms with E-state index in [0.717, 1.165) is 36.3 Å². The average Bonchev–Trinajstić information content (AvgIpc) is 2.72. The topological polar surface area (TPSA) is 63.7 Å². The Morgan fingerprint density at radius 3 is 2.32 bits per heavy atom. The van der Waals surface area contributed by atoms with Crippen LogP contribution in [0.4, 0.5) is 0 Å². The van der Waals surface area contributed by atoms with Crippen molar-refractivity contribution in [1.82, 2.24) is 4.90 Å². The quantitative estimate of drug-likeness (QED) is 0.382. The second-order valence-corrected chi connectivity index (χ2v) is 4.64. The normalized spacial score (nSPS) is 16.0. The van der Waals surface area contributed by atoms with Gasteiger partial charge < -0.3 is 4.74 Å². The summed E-state index contributed by atoms with van der Waals surface area (Å²) < 4.78 is 5.08. The molecule has 0 saturated carbocycles. The van der Waals surface area contributed by atoms with E-state index >= 15 is 0 Å². The van der Waals surface area contributed by atoms with Crippen LogP contribution in [0.15, 0.2) is 12.2 Å². The Hall–Kier alpha value is -1.65. The van der Waals surface area contributed by atoms with Gasteiger partial charge >= 0.3 is 5.97 Å². The first-order chi connectivity index (χ1) is 9.07. The highest BCUT2D eigenvalue weighted by Gasteiger charge is 2.33. The summed E-state index contributed by atoms with van der Waals surface area (Å²) in [5, 5.41) is 0. The van der Waals surface area contributed by atoms with Crippen LogP contribution in [0.1, 0.15) is 46.0 Å². The Balaban J connectivity index is 2.26. The first kappa shape index (κ1) is 15.4. The van der Waals surface area contributed by atoms with Crippen molar-refractivity contribution < 1.29 is 19.1 Å².